The molecular formula is C16H21N3. The molecule has 0 aliphatic heterocycles. The molecule has 3 heteroatoms. The van der Waals surface area contributed by atoms with Gasteiger partial charge in [0.05, 0.1) is 11.9 Å². The number of nitrogens with one attached hydrogen (secondary N) is 1. The van der Waals surface area contributed by atoms with Crippen molar-refractivity contribution in [2.24, 2.45) is 5.92 Å². The summed E-state index contributed by atoms with van der Waals surface area (Å²) in [7, 11) is 2.07. The van der Waals surface area contributed by atoms with Gasteiger partial charge in [0.1, 0.15) is 0 Å². The van der Waals surface area contributed by atoms with E-state index in [9.17, 15) is 0 Å². The van der Waals surface area contributed by atoms with Crippen LogP contribution in [0.15, 0.2) is 42.7 Å². The minimum absolute atomic E-state index is 0.667. The molecule has 1 saturated carbocycles. The van der Waals surface area contributed by atoms with Gasteiger partial charge in [-0.15, -0.1) is 0 Å². The predicted molar refractivity (Wildman–Crippen MR) is 77.6 cm³/mol. The molecule has 2 aromatic rings. The molecule has 1 heterocycles. The van der Waals surface area contributed by atoms with Crippen molar-refractivity contribution >= 4 is 0 Å². The average molecular weight is 255 g/mol. The van der Waals surface area contributed by atoms with E-state index in [1.807, 2.05) is 29.1 Å². The van der Waals surface area contributed by atoms with E-state index in [0.717, 1.165) is 11.6 Å². The van der Waals surface area contributed by atoms with Crippen molar-refractivity contribution in [2.75, 3.05) is 7.05 Å². The van der Waals surface area contributed by atoms with Gasteiger partial charge in [0.25, 0.3) is 0 Å². The third kappa shape index (κ3) is 2.19. The molecule has 3 rings (SSSR count). The Kier molecular flexibility index (Phi) is 3.38. The van der Waals surface area contributed by atoms with Crippen LogP contribution in [0.4, 0.5) is 0 Å². The van der Waals surface area contributed by atoms with Crippen LogP contribution in [0.1, 0.15) is 31.2 Å². The Bertz CT molecular complexity index is 532. The molecule has 0 bridgehead atoms. The van der Waals surface area contributed by atoms with Crippen molar-refractivity contribution < 1.29 is 0 Å². The highest BCUT2D eigenvalue weighted by atomic mass is 15.3. The van der Waals surface area contributed by atoms with Crippen LogP contribution in [-0.4, -0.2) is 22.9 Å². The third-order valence-corrected chi connectivity index (χ3v) is 4.44. The van der Waals surface area contributed by atoms with Gasteiger partial charge in [-0.2, -0.15) is 5.10 Å². The first-order valence-electron chi connectivity index (χ1n) is 7.10. The summed E-state index contributed by atoms with van der Waals surface area (Å²) in [5.41, 5.74) is 2.51. The normalized spacial score (nSPS) is 26.1. The minimum atomic E-state index is 0.667. The van der Waals surface area contributed by atoms with Crippen LogP contribution in [0.25, 0.3) is 5.69 Å². The SMILES string of the molecule is CCC1C(NC)CC1c1cnn(-c2ccccc2)c1. The third-order valence-electron chi connectivity index (χ3n) is 4.44. The maximum Gasteiger partial charge on any atom is 0.0645 e. The summed E-state index contributed by atoms with van der Waals surface area (Å²) in [5.74, 6) is 1.42. The Morgan fingerprint density at radius 1 is 1.32 bits per heavy atom. The lowest BCUT2D eigenvalue weighted by Crippen LogP contribution is -2.47. The van der Waals surface area contributed by atoms with Crippen molar-refractivity contribution in [3.05, 3.63) is 48.3 Å². The second-order valence-electron chi connectivity index (χ2n) is 5.36. The fourth-order valence-electron chi connectivity index (χ4n) is 3.24. The second-order valence-corrected chi connectivity index (χ2v) is 5.36. The van der Waals surface area contributed by atoms with E-state index in [2.05, 4.69) is 42.7 Å². The number of hydrogen-bond acceptors (Lipinski definition) is 2. The largest absolute Gasteiger partial charge is 0.317 e. The number of rotatable bonds is 4. The summed E-state index contributed by atoms with van der Waals surface area (Å²) in [6.45, 7) is 2.28. The van der Waals surface area contributed by atoms with Crippen LogP contribution in [0.2, 0.25) is 0 Å². The standard InChI is InChI=1S/C16H21N3/c1-3-14-15(9-16(14)17-2)12-10-18-19(11-12)13-7-5-4-6-8-13/h4-8,10-11,14-17H,3,9H2,1-2H3. The molecule has 1 aliphatic rings. The molecule has 3 unspecified atom stereocenters. The Labute approximate surface area is 114 Å². The molecule has 3 atom stereocenters. The molecule has 1 aromatic heterocycles. The predicted octanol–water partition coefficient (Wildman–Crippen LogP) is 2.97. The molecule has 1 aromatic carbocycles. The molecule has 1 aliphatic carbocycles. The second kappa shape index (κ2) is 5.17. The van der Waals surface area contributed by atoms with Gasteiger partial charge in [0.15, 0.2) is 0 Å². The zero-order chi connectivity index (χ0) is 13.2. The van der Waals surface area contributed by atoms with E-state index < -0.39 is 0 Å². The lowest BCUT2D eigenvalue weighted by Gasteiger charge is -2.44. The Balaban J connectivity index is 1.79. The summed E-state index contributed by atoms with van der Waals surface area (Å²) in [4.78, 5) is 0. The molecule has 0 radical (unpaired) electrons. The van der Waals surface area contributed by atoms with Crippen LogP contribution in [-0.2, 0) is 0 Å². The molecule has 0 amide bonds. The lowest BCUT2D eigenvalue weighted by molar-refractivity contribution is 0.169. The fourth-order valence-corrected chi connectivity index (χ4v) is 3.24. The maximum atomic E-state index is 4.51. The quantitative estimate of drug-likeness (QED) is 0.910. The Hall–Kier alpha value is -1.61. The molecule has 3 nitrogen and oxygen atoms in total. The first kappa shape index (κ1) is 12.4. The van der Waals surface area contributed by atoms with Gasteiger partial charge in [-0.3, -0.25) is 0 Å². The van der Waals surface area contributed by atoms with Gasteiger partial charge in [-0.1, -0.05) is 31.5 Å². The van der Waals surface area contributed by atoms with E-state index in [1.165, 1.54) is 18.4 Å². The zero-order valence-corrected chi connectivity index (χ0v) is 11.6. The number of hydrogen-bond donors (Lipinski definition) is 1. The topological polar surface area (TPSA) is 29.9 Å². The molecule has 0 spiro atoms. The van der Waals surface area contributed by atoms with E-state index in [1.54, 1.807) is 0 Å². The van der Waals surface area contributed by atoms with Gasteiger partial charge < -0.3 is 5.32 Å². The Morgan fingerprint density at radius 3 is 2.79 bits per heavy atom. The van der Waals surface area contributed by atoms with Gasteiger partial charge in [0, 0.05) is 12.2 Å². The van der Waals surface area contributed by atoms with Gasteiger partial charge >= 0.3 is 0 Å². The Morgan fingerprint density at radius 2 is 2.11 bits per heavy atom. The number of para-hydroxylation sites is 1. The van der Waals surface area contributed by atoms with Crippen LogP contribution in [0.5, 0.6) is 0 Å². The molecule has 1 fully saturated rings. The van der Waals surface area contributed by atoms with Crippen molar-refractivity contribution in [3.8, 4) is 5.69 Å². The maximum absolute atomic E-state index is 4.51. The fraction of sp³-hybridized carbons (Fsp3) is 0.438. The van der Waals surface area contributed by atoms with Crippen LogP contribution < -0.4 is 5.32 Å². The van der Waals surface area contributed by atoms with Crippen LogP contribution in [0, 0.1) is 5.92 Å². The van der Waals surface area contributed by atoms with Gasteiger partial charge in [-0.25, -0.2) is 4.68 Å². The smallest absolute Gasteiger partial charge is 0.0645 e. The summed E-state index contributed by atoms with van der Waals surface area (Å²) in [6, 6.07) is 11.0. The highest BCUT2D eigenvalue weighted by Crippen LogP contribution is 2.44. The van der Waals surface area contributed by atoms with Crippen molar-refractivity contribution in [1.29, 1.82) is 0 Å². The van der Waals surface area contributed by atoms with Gasteiger partial charge in [-0.05, 0) is 43.0 Å². The summed E-state index contributed by atoms with van der Waals surface area (Å²) >= 11 is 0. The molecule has 1 N–H and O–H groups in total. The highest BCUT2D eigenvalue weighted by Gasteiger charge is 2.40. The summed E-state index contributed by atoms with van der Waals surface area (Å²) < 4.78 is 1.98. The number of nitrogens with zero attached hydrogens (tertiary/aromatic N) is 2. The summed E-state index contributed by atoms with van der Waals surface area (Å²) in [6.07, 6.45) is 6.68. The number of aromatic nitrogens is 2. The highest BCUT2D eigenvalue weighted by molar-refractivity contribution is 5.32. The van der Waals surface area contributed by atoms with Crippen LogP contribution >= 0.6 is 0 Å². The van der Waals surface area contributed by atoms with Crippen molar-refractivity contribution in [2.45, 2.75) is 31.7 Å². The van der Waals surface area contributed by atoms with Crippen molar-refractivity contribution in [3.63, 3.8) is 0 Å². The zero-order valence-electron chi connectivity index (χ0n) is 11.6. The van der Waals surface area contributed by atoms with E-state index in [0.29, 0.717) is 12.0 Å². The van der Waals surface area contributed by atoms with E-state index in [4.69, 9.17) is 0 Å². The van der Waals surface area contributed by atoms with Crippen molar-refractivity contribution in [1.82, 2.24) is 15.1 Å². The molecule has 19 heavy (non-hydrogen) atoms. The summed E-state index contributed by atoms with van der Waals surface area (Å²) in [5, 5.41) is 7.92. The minimum Gasteiger partial charge on any atom is -0.317 e. The molecular weight excluding hydrogens is 234 g/mol. The first-order chi connectivity index (χ1) is 9.33. The lowest BCUT2D eigenvalue weighted by atomic mass is 9.65. The molecule has 0 saturated heterocycles. The average Bonchev–Trinajstić information content (AvgIpc) is 2.89. The van der Waals surface area contributed by atoms with E-state index >= 15 is 0 Å². The van der Waals surface area contributed by atoms with E-state index in [-0.39, 0.29) is 0 Å². The van der Waals surface area contributed by atoms with Gasteiger partial charge in [0.2, 0.25) is 0 Å². The van der Waals surface area contributed by atoms with Crippen LogP contribution in [0.3, 0.4) is 0 Å². The number of benzene rings is 1. The monoisotopic (exact) mass is 255 g/mol. The first-order valence-corrected chi connectivity index (χ1v) is 7.10. The molecule has 100 valence electrons.